The van der Waals surface area contributed by atoms with Gasteiger partial charge in [0.25, 0.3) is 0 Å². The first-order valence-corrected chi connectivity index (χ1v) is 5.35. The molecule has 0 spiro atoms. The van der Waals surface area contributed by atoms with Crippen molar-refractivity contribution in [1.82, 2.24) is 0 Å². The van der Waals surface area contributed by atoms with Crippen molar-refractivity contribution >= 4 is 21.4 Å². The number of hydrogen-bond acceptors (Lipinski definition) is 2. The molecule has 1 aromatic carbocycles. The SMILES string of the molecule is Cc1cc(C)c2c(C#N)c(C)sc2c1. The number of nitriles is 1. The molecule has 2 aromatic rings. The van der Waals surface area contributed by atoms with Crippen molar-refractivity contribution < 1.29 is 0 Å². The third kappa shape index (κ3) is 1.21. The van der Waals surface area contributed by atoms with Gasteiger partial charge in [0.05, 0.1) is 5.56 Å². The topological polar surface area (TPSA) is 23.8 Å². The van der Waals surface area contributed by atoms with Gasteiger partial charge in [-0.2, -0.15) is 5.26 Å². The maximum absolute atomic E-state index is 9.06. The summed E-state index contributed by atoms with van der Waals surface area (Å²) in [6, 6.07) is 6.58. The van der Waals surface area contributed by atoms with Crippen LogP contribution in [0.4, 0.5) is 0 Å². The molecule has 0 aliphatic carbocycles. The number of hydrogen-bond donors (Lipinski definition) is 0. The van der Waals surface area contributed by atoms with E-state index in [2.05, 4.69) is 32.0 Å². The standard InChI is InChI=1S/C12H11NS/c1-7-4-8(2)12-10(6-13)9(3)14-11(12)5-7/h4-5H,1-3H3. The molecule has 0 amide bonds. The van der Waals surface area contributed by atoms with Crippen LogP contribution in [-0.2, 0) is 0 Å². The Kier molecular flexibility index (Phi) is 2.05. The zero-order valence-electron chi connectivity index (χ0n) is 8.51. The van der Waals surface area contributed by atoms with Crippen molar-refractivity contribution in [1.29, 1.82) is 5.26 Å². The Labute approximate surface area is 87.6 Å². The second-order valence-corrected chi connectivity index (χ2v) is 4.86. The molecule has 0 saturated carbocycles. The second-order valence-electron chi connectivity index (χ2n) is 3.60. The fourth-order valence-electron chi connectivity index (χ4n) is 1.86. The average Bonchev–Trinajstić information content (AvgIpc) is 2.40. The first kappa shape index (κ1) is 9.23. The van der Waals surface area contributed by atoms with E-state index in [-0.39, 0.29) is 0 Å². The number of fused-ring (bicyclic) bond motifs is 1. The van der Waals surface area contributed by atoms with Crippen LogP contribution in [0.2, 0.25) is 0 Å². The summed E-state index contributed by atoms with van der Waals surface area (Å²) in [6.45, 7) is 6.17. The third-order valence-corrected chi connectivity index (χ3v) is 3.47. The summed E-state index contributed by atoms with van der Waals surface area (Å²) in [5, 5.41) is 10.2. The monoisotopic (exact) mass is 201 g/mol. The largest absolute Gasteiger partial charge is 0.192 e. The summed E-state index contributed by atoms with van der Waals surface area (Å²) in [4.78, 5) is 1.12. The van der Waals surface area contributed by atoms with Gasteiger partial charge in [-0.05, 0) is 38.0 Å². The molecule has 0 fully saturated rings. The van der Waals surface area contributed by atoms with Gasteiger partial charge in [0.1, 0.15) is 6.07 Å². The Morgan fingerprint density at radius 1 is 1.21 bits per heavy atom. The van der Waals surface area contributed by atoms with E-state index in [1.165, 1.54) is 15.8 Å². The minimum atomic E-state index is 0.850. The third-order valence-electron chi connectivity index (χ3n) is 2.42. The van der Waals surface area contributed by atoms with Gasteiger partial charge in [-0.25, -0.2) is 0 Å². The van der Waals surface area contributed by atoms with Crippen molar-refractivity contribution in [3.63, 3.8) is 0 Å². The molecule has 0 bridgehead atoms. The molecule has 0 saturated heterocycles. The number of benzene rings is 1. The van der Waals surface area contributed by atoms with Crippen LogP contribution in [0.3, 0.4) is 0 Å². The molecule has 0 unspecified atom stereocenters. The molecule has 70 valence electrons. The smallest absolute Gasteiger partial charge is 0.101 e. The minimum Gasteiger partial charge on any atom is -0.192 e. The normalized spacial score (nSPS) is 10.4. The summed E-state index contributed by atoms with van der Waals surface area (Å²) < 4.78 is 1.23. The fraction of sp³-hybridized carbons (Fsp3) is 0.250. The quantitative estimate of drug-likeness (QED) is 0.637. The molecule has 2 heteroatoms. The van der Waals surface area contributed by atoms with E-state index in [4.69, 9.17) is 5.26 Å². The highest BCUT2D eigenvalue weighted by molar-refractivity contribution is 7.19. The highest BCUT2D eigenvalue weighted by atomic mass is 32.1. The minimum absolute atomic E-state index is 0.850. The van der Waals surface area contributed by atoms with Crippen LogP contribution in [-0.4, -0.2) is 0 Å². The van der Waals surface area contributed by atoms with E-state index >= 15 is 0 Å². The second kappa shape index (κ2) is 3.11. The van der Waals surface area contributed by atoms with E-state index in [9.17, 15) is 0 Å². The molecule has 0 N–H and O–H groups in total. The van der Waals surface area contributed by atoms with Crippen molar-refractivity contribution in [3.05, 3.63) is 33.7 Å². The molecular formula is C12H11NS. The van der Waals surface area contributed by atoms with E-state index in [1.54, 1.807) is 11.3 Å². The molecule has 2 rings (SSSR count). The van der Waals surface area contributed by atoms with Crippen LogP contribution in [0.5, 0.6) is 0 Å². The predicted octanol–water partition coefficient (Wildman–Crippen LogP) is 3.70. The molecule has 1 aromatic heterocycles. The van der Waals surface area contributed by atoms with Crippen LogP contribution in [0.15, 0.2) is 12.1 Å². The number of rotatable bonds is 0. The van der Waals surface area contributed by atoms with Crippen LogP contribution in [0, 0.1) is 32.1 Å². The van der Waals surface area contributed by atoms with E-state index in [0.717, 1.165) is 15.8 Å². The van der Waals surface area contributed by atoms with Gasteiger partial charge in [-0.3, -0.25) is 0 Å². The van der Waals surface area contributed by atoms with Gasteiger partial charge < -0.3 is 0 Å². The first-order chi connectivity index (χ1) is 6.63. The lowest BCUT2D eigenvalue weighted by atomic mass is 10.0. The Hall–Kier alpha value is -1.33. The molecule has 14 heavy (non-hydrogen) atoms. The summed E-state index contributed by atoms with van der Waals surface area (Å²) in [5.74, 6) is 0. The van der Waals surface area contributed by atoms with Gasteiger partial charge >= 0.3 is 0 Å². The zero-order valence-corrected chi connectivity index (χ0v) is 9.33. The number of nitrogens with zero attached hydrogens (tertiary/aromatic N) is 1. The molecule has 1 nitrogen and oxygen atoms in total. The van der Waals surface area contributed by atoms with Crippen LogP contribution >= 0.6 is 11.3 Å². The van der Waals surface area contributed by atoms with Crippen LogP contribution in [0.1, 0.15) is 21.6 Å². The molecule has 0 aliphatic heterocycles. The molecule has 0 atom stereocenters. The van der Waals surface area contributed by atoms with Crippen molar-refractivity contribution in [3.8, 4) is 6.07 Å². The highest BCUT2D eigenvalue weighted by Gasteiger charge is 2.10. The molecule has 0 radical (unpaired) electrons. The van der Waals surface area contributed by atoms with Gasteiger partial charge in [0.2, 0.25) is 0 Å². The fourth-order valence-corrected chi connectivity index (χ4v) is 3.05. The summed E-state index contributed by atoms with van der Waals surface area (Å²) in [5.41, 5.74) is 3.32. The van der Waals surface area contributed by atoms with Crippen molar-refractivity contribution in [2.45, 2.75) is 20.8 Å². The van der Waals surface area contributed by atoms with E-state index in [0.29, 0.717) is 0 Å². The summed E-state index contributed by atoms with van der Waals surface area (Å²) in [7, 11) is 0. The lowest BCUT2D eigenvalue weighted by Gasteiger charge is -1.98. The van der Waals surface area contributed by atoms with Gasteiger partial charge in [-0.15, -0.1) is 11.3 Å². The highest BCUT2D eigenvalue weighted by Crippen LogP contribution is 2.33. The van der Waals surface area contributed by atoms with Crippen molar-refractivity contribution in [2.75, 3.05) is 0 Å². The molecule has 0 aliphatic rings. The number of thiophene rings is 1. The van der Waals surface area contributed by atoms with E-state index in [1.807, 2.05) is 6.92 Å². The molecular weight excluding hydrogens is 190 g/mol. The Morgan fingerprint density at radius 3 is 2.57 bits per heavy atom. The Morgan fingerprint density at radius 2 is 1.93 bits per heavy atom. The molecule has 1 heterocycles. The summed E-state index contributed by atoms with van der Waals surface area (Å²) in [6.07, 6.45) is 0. The van der Waals surface area contributed by atoms with Gasteiger partial charge in [0.15, 0.2) is 0 Å². The van der Waals surface area contributed by atoms with Crippen LogP contribution < -0.4 is 0 Å². The predicted molar refractivity (Wildman–Crippen MR) is 60.8 cm³/mol. The average molecular weight is 201 g/mol. The van der Waals surface area contributed by atoms with Gasteiger partial charge in [0, 0.05) is 15.0 Å². The number of aryl methyl sites for hydroxylation is 3. The lowest BCUT2D eigenvalue weighted by Crippen LogP contribution is -1.80. The lowest BCUT2D eigenvalue weighted by molar-refractivity contribution is 1.42. The zero-order chi connectivity index (χ0) is 10.3. The van der Waals surface area contributed by atoms with Crippen molar-refractivity contribution in [2.24, 2.45) is 0 Å². The Balaban J connectivity index is 2.97. The van der Waals surface area contributed by atoms with Crippen LogP contribution in [0.25, 0.3) is 10.1 Å². The maximum Gasteiger partial charge on any atom is 0.101 e. The summed E-state index contributed by atoms with van der Waals surface area (Å²) >= 11 is 1.71. The first-order valence-electron chi connectivity index (χ1n) is 4.54. The maximum atomic E-state index is 9.06. The van der Waals surface area contributed by atoms with Gasteiger partial charge in [-0.1, -0.05) is 6.07 Å². The van der Waals surface area contributed by atoms with E-state index < -0.39 is 0 Å². The Bertz CT molecular complexity index is 543.